The highest BCUT2D eigenvalue weighted by Gasteiger charge is 2.07. The van der Waals surface area contributed by atoms with Crippen molar-refractivity contribution in [2.24, 2.45) is 0 Å². The molecule has 0 aromatic heterocycles. The third-order valence-electron chi connectivity index (χ3n) is 2.99. The van der Waals surface area contributed by atoms with Crippen molar-refractivity contribution in [3.05, 3.63) is 58.1 Å². The SMILES string of the molecule is COC(=O)c1ccc(NC(=O)Nc2ccc(C)c(Br)c2)cc1. The highest BCUT2D eigenvalue weighted by atomic mass is 79.9. The van der Waals surface area contributed by atoms with Gasteiger partial charge in [0.2, 0.25) is 0 Å². The Balaban J connectivity index is 1.99. The number of aryl methyl sites for hydroxylation is 1. The summed E-state index contributed by atoms with van der Waals surface area (Å²) in [5.41, 5.74) is 2.78. The summed E-state index contributed by atoms with van der Waals surface area (Å²) < 4.78 is 5.54. The molecular formula is C16H15BrN2O3. The zero-order valence-electron chi connectivity index (χ0n) is 12.1. The lowest BCUT2D eigenvalue weighted by Crippen LogP contribution is -2.19. The van der Waals surface area contributed by atoms with Crippen molar-refractivity contribution in [1.82, 2.24) is 0 Å². The fourth-order valence-corrected chi connectivity index (χ4v) is 2.15. The van der Waals surface area contributed by atoms with E-state index in [1.165, 1.54) is 7.11 Å². The van der Waals surface area contributed by atoms with Gasteiger partial charge in [0.15, 0.2) is 0 Å². The fraction of sp³-hybridized carbons (Fsp3) is 0.125. The second-order valence-corrected chi connectivity index (χ2v) is 5.47. The zero-order chi connectivity index (χ0) is 16.1. The molecule has 0 radical (unpaired) electrons. The number of carbonyl (C=O) groups is 2. The van der Waals surface area contributed by atoms with Gasteiger partial charge >= 0.3 is 12.0 Å². The molecule has 0 unspecified atom stereocenters. The predicted octanol–water partition coefficient (Wildman–Crippen LogP) is 4.19. The molecular weight excluding hydrogens is 348 g/mol. The molecule has 22 heavy (non-hydrogen) atoms. The van der Waals surface area contributed by atoms with Crippen LogP contribution in [0.5, 0.6) is 0 Å². The summed E-state index contributed by atoms with van der Waals surface area (Å²) in [6, 6.07) is 11.6. The molecule has 114 valence electrons. The largest absolute Gasteiger partial charge is 0.465 e. The number of rotatable bonds is 3. The van der Waals surface area contributed by atoms with Gasteiger partial charge in [-0.05, 0) is 48.9 Å². The molecule has 0 saturated heterocycles. The smallest absolute Gasteiger partial charge is 0.337 e. The lowest BCUT2D eigenvalue weighted by atomic mass is 10.2. The molecule has 0 bridgehead atoms. The molecule has 5 nitrogen and oxygen atoms in total. The molecule has 0 saturated carbocycles. The first-order valence-electron chi connectivity index (χ1n) is 6.52. The summed E-state index contributed by atoms with van der Waals surface area (Å²) in [5.74, 6) is -0.416. The molecule has 0 fully saturated rings. The van der Waals surface area contributed by atoms with Crippen LogP contribution in [0.25, 0.3) is 0 Å². The minimum atomic E-state index is -0.416. The summed E-state index contributed by atoms with van der Waals surface area (Å²) >= 11 is 3.42. The molecule has 0 atom stereocenters. The van der Waals surface area contributed by atoms with Crippen LogP contribution in [0.4, 0.5) is 16.2 Å². The van der Waals surface area contributed by atoms with E-state index in [-0.39, 0.29) is 6.03 Å². The highest BCUT2D eigenvalue weighted by molar-refractivity contribution is 9.10. The maximum Gasteiger partial charge on any atom is 0.337 e. The number of ether oxygens (including phenoxy) is 1. The van der Waals surface area contributed by atoms with Gasteiger partial charge in [-0.2, -0.15) is 0 Å². The Bertz CT molecular complexity index is 699. The minimum absolute atomic E-state index is 0.360. The van der Waals surface area contributed by atoms with Crippen LogP contribution in [0, 0.1) is 6.92 Å². The Hall–Kier alpha value is -2.34. The Labute approximate surface area is 136 Å². The Morgan fingerprint density at radius 3 is 2.18 bits per heavy atom. The van der Waals surface area contributed by atoms with E-state index in [1.807, 2.05) is 25.1 Å². The monoisotopic (exact) mass is 362 g/mol. The summed E-state index contributed by atoms with van der Waals surface area (Å²) in [7, 11) is 1.32. The number of anilines is 2. The second-order valence-electron chi connectivity index (χ2n) is 4.61. The summed E-state index contributed by atoms with van der Waals surface area (Å²) in [6.07, 6.45) is 0. The van der Waals surface area contributed by atoms with Crippen molar-refractivity contribution in [2.75, 3.05) is 17.7 Å². The quantitative estimate of drug-likeness (QED) is 0.804. The van der Waals surface area contributed by atoms with E-state index in [4.69, 9.17) is 0 Å². The number of methoxy groups -OCH3 is 1. The highest BCUT2D eigenvalue weighted by Crippen LogP contribution is 2.20. The predicted molar refractivity (Wildman–Crippen MR) is 89.3 cm³/mol. The number of carbonyl (C=O) groups excluding carboxylic acids is 2. The summed E-state index contributed by atoms with van der Waals surface area (Å²) in [5, 5.41) is 5.43. The van der Waals surface area contributed by atoms with Gasteiger partial charge in [0, 0.05) is 15.8 Å². The number of amides is 2. The van der Waals surface area contributed by atoms with Crippen molar-refractivity contribution in [1.29, 1.82) is 0 Å². The molecule has 0 aliphatic rings. The van der Waals surface area contributed by atoms with E-state index in [2.05, 4.69) is 31.3 Å². The maximum absolute atomic E-state index is 11.9. The normalized spacial score (nSPS) is 9.95. The summed E-state index contributed by atoms with van der Waals surface area (Å²) in [6.45, 7) is 1.97. The Morgan fingerprint density at radius 2 is 1.59 bits per heavy atom. The lowest BCUT2D eigenvalue weighted by molar-refractivity contribution is 0.0601. The van der Waals surface area contributed by atoms with Gasteiger partial charge in [-0.1, -0.05) is 22.0 Å². The van der Waals surface area contributed by atoms with Crippen LogP contribution in [-0.4, -0.2) is 19.1 Å². The molecule has 2 amide bonds. The standard InChI is InChI=1S/C16H15BrN2O3/c1-10-3-6-13(9-14(10)17)19-16(21)18-12-7-4-11(5-8-12)15(20)22-2/h3-9H,1-2H3,(H2,18,19,21). The first-order chi connectivity index (χ1) is 10.5. The maximum atomic E-state index is 11.9. The van der Waals surface area contributed by atoms with Gasteiger partial charge in [0.05, 0.1) is 12.7 Å². The topological polar surface area (TPSA) is 67.4 Å². The zero-order valence-corrected chi connectivity index (χ0v) is 13.7. The van der Waals surface area contributed by atoms with Gasteiger partial charge in [-0.3, -0.25) is 0 Å². The molecule has 6 heteroatoms. The van der Waals surface area contributed by atoms with Gasteiger partial charge in [0.25, 0.3) is 0 Å². The van der Waals surface area contributed by atoms with Crippen molar-refractivity contribution >= 4 is 39.3 Å². The van der Waals surface area contributed by atoms with Crippen LogP contribution < -0.4 is 10.6 Å². The van der Waals surface area contributed by atoms with E-state index >= 15 is 0 Å². The van der Waals surface area contributed by atoms with E-state index in [9.17, 15) is 9.59 Å². The van der Waals surface area contributed by atoms with Crippen LogP contribution in [0.1, 0.15) is 15.9 Å². The number of benzene rings is 2. The molecule has 0 heterocycles. The summed E-state index contributed by atoms with van der Waals surface area (Å²) in [4.78, 5) is 23.2. The van der Waals surface area contributed by atoms with Crippen molar-refractivity contribution < 1.29 is 14.3 Å². The van der Waals surface area contributed by atoms with Crippen LogP contribution in [0.3, 0.4) is 0 Å². The molecule has 2 aromatic carbocycles. The number of halogens is 1. The number of esters is 1. The molecule has 2 aromatic rings. The number of nitrogens with one attached hydrogen (secondary N) is 2. The number of hydrogen-bond donors (Lipinski definition) is 2. The third kappa shape index (κ3) is 4.08. The Kier molecular flexibility index (Phi) is 5.16. The number of hydrogen-bond acceptors (Lipinski definition) is 3. The van der Waals surface area contributed by atoms with Crippen molar-refractivity contribution in [3.63, 3.8) is 0 Å². The van der Waals surface area contributed by atoms with Crippen LogP contribution in [-0.2, 0) is 4.74 Å². The van der Waals surface area contributed by atoms with Gasteiger partial charge < -0.3 is 15.4 Å². The molecule has 0 spiro atoms. The van der Waals surface area contributed by atoms with Gasteiger partial charge in [0.1, 0.15) is 0 Å². The Morgan fingerprint density at radius 1 is 1.00 bits per heavy atom. The first-order valence-corrected chi connectivity index (χ1v) is 7.31. The van der Waals surface area contributed by atoms with Crippen LogP contribution in [0.2, 0.25) is 0 Å². The molecule has 2 N–H and O–H groups in total. The van der Waals surface area contributed by atoms with E-state index < -0.39 is 5.97 Å². The molecule has 2 rings (SSSR count). The third-order valence-corrected chi connectivity index (χ3v) is 3.85. The van der Waals surface area contributed by atoms with E-state index in [0.717, 1.165) is 10.0 Å². The van der Waals surface area contributed by atoms with Crippen molar-refractivity contribution in [3.8, 4) is 0 Å². The minimum Gasteiger partial charge on any atom is -0.465 e. The average molecular weight is 363 g/mol. The van der Waals surface area contributed by atoms with Crippen molar-refractivity contribution in [2.45, 2.75) is 6.92 Å². The van der Waals surface area contributed by atoms with Crippen LogP contribution in [0.15, 0.2) is 46.9 Å². The second kappa shape index (κ2) is 7.09. The molecule has 0 aliphatic heterocycles. The average Bonchev–Trinajstić information content (AvgIpc) is 2.51. The first kappa shape index (κ1) is 16.0. The lowest BCUT2D eigenvalue weighted by Gasteiger charge is -2.09. The van der Waals surface area contributed by atoms with Gasteiger partial charge in [-0.15, -0.1) is 0 Å². The van der Waals surface area contributed by atoms with E-state index in [0.29, 0.717) is 16.9 Å². The van der Waals surface area contributed by atoms with E-state index in [1.54, 1.807) is 24.3 Å². The molecule has 0 aliphatic carbocycles. The number of urea groups is 1. The fourth-order valence-electron chi connectivity index (χ4n) is 1.77. The van der Waals surface area contributed by atoms with Gasteiger partial charge in [-0.25, -0.2) is 9.59 Å². The van der Waals surface area contributed by atoms with Crippen LogP contribution >= 0.6 is 15.9 Å².